The van der Waals surface area contributed by atoms with Gasteiger partial charge in [0.15, 0.2) is 23.8 Å². The van der Waals surface area contributed by atoms with Crippen molar-refractivity contribution < 1.29 is 68.1 Å². The number of rotatable bonds is 13. The summed E-state index contributed by atoms with van der Waals surface area (Å²) in [4.78, 5) is 90.7. The number of esters is 2. The van der Waals surface area contributed by atoms with Crippen molar-refractivity contribution in [2.75, 3.05) is 13.2 Å². The van der Waals surface area contributed by atoms with Gasteiger partial charge in [0.2, 0.25) is 0 Å². The molecule has 0 aliphatic carbocycles. The molecule has 2 aliphatic rings. The Morgan fingerprint density at radius 1 is 0.746 bits per heavy atom. The van der Waals surface area contributed by atoms with Crippen molar-refractivity contribution in [3.63, 3.8) is 0 Å². The van der Waals surface area contributed by atoms with Crippen LogP contribution in [0.15, 0.2) is 34.4 Å². The lowest BCUT2D eigenvalue weighted by Gasteiger charge is -2.25. The fourth-order valence-electron chi connectivity index (χ4n) is 5.50. The largest absolute Gasteiger partial charge is 0.462 e. The summed E-state index contributed by atoms with van der Waals surface area (Å²) in [7, 11) is 0. The lowest BCUT2D eigenvalue weighted by Crippen LogP contribution is -2.48. The van der Waals surface area contributed by atoms with Gasteiger partial charge in [-0.3, -0.25) is 33.1 Å². The Hall–Kier alpha value is -5.37. The van der Waals surface area contributed by atoms with Crippen LogP contribution in [0.1, 0.15) is 81.9 Å². The van der Waals surface area contributed by atoms with E-state index in [0.717, 1.165) is 27.7 Å². The molecule has 0 saturated carbocycles. The normalized spacial score (nSPS) is 25.1. The first-order valence-electron chi connectivity index (χ1n) is 18.2. The van der Waals surface area contributed by atoms with Crippen LogP contribution in [0.4, 0.5) is 4.79 Å². The number of nitrogens with one attached hydrogen (secondary N) is 1. The van der Waals surface area contributed by atoms with Crippen molar-refractivity contribution in [3.05, 3.63) is 56.9 Å². The molecular formula is C35H52N8O16. The summed E-state index contributed by atoms with van der Waals surface area (Å²) in [6.07, 6.45) is -7.19. The zero-order valence-corrected chi connectivity index (χ0v) is 33.4. The van der Waals surface area contributed by atoms with Gasteiger partial charge in [-0.05, 0) is 32.6 Å². The Morgan fingerprint density at radius 2 is 1.15 bits per heavy atom. The number of carbonyl (C=O) groups excluding carboxylic acids is 5. The lowest BCUT2D eigenvalue weighted by molar-refractivity contribution is -0.154. The van der Waals surface area contributed by atoms with Gasteiger partial charge < -0.3 is 66.6 Å². The molecule has 0 spiro atoms. The Bertz CT molecular complexity index is 1950. The molecule has 3 amide bonds. The number of hydrogen-bond acceptors (Lipinski definition) is 19. The first-order chi connectivity index (χ1) is 27.4. The first-order valence-corrected chi connectivity index (χ1v) is 18.2. The second-order valence-corrected chi connectivity index (χ2v) is 15.2. The minimum Gasteiger partial charge on any atom is -0.462 e. The minimum atomic E-state index is -1.57. The highest BCUT2D eigenvalue weighted by Gasteiger charge is 2.46. The van der Waals surface area contributed by atoms with Crippen molar-refractivity contribution in [2.24, 2.45) is 29.0 Å². The van der Waals surface area contributed by atoms with Crippen LogP contribution < -0.4 is 33.6 Å². The number of primary amides is 2. The predicted molar refractivity (Wildman–Crippen MR) is 199 cm³/mol. The van der Waals surface area contributed by atoms with E-state index in [1.165, 1.54) is 6.20 Å². The zero-order chi connectivity index (χ0) is 44.7. The molecule has 0 unspecified atom stereocenters. The van der Waals surface area contributed by atoms with Crippen LogP contribution in [0.25, 0.3) is 0 Å². The van der Waals surface area contributed by atoms with Crippen molar-refractivity contribution in [1.82, 2.24) is 24.4 Å². The smallest absolute Gasteiger partial charge is 0.408 e. The molecule has 24 heteroatoms. The number of aliphatic hydroxyl groups excluding tert-OH is 4. The zero-order valence-electron chi connectivity index (χ0n) is 33.4. The molecule has 2 fully saturated rings. The van der Waals surface area contributed by atoms with Gasteiger partial charge >= 0.3 is 18.0 Å². The molecule has 2 aliphatic heterocycles. The van der Waals surface area contributed by atoms with E-state index >= 15 is 0 Å². The molecule has 2 saturated heterocycles. The van der Waals surface area contributed by atoms with E-state index in [-0.39, 0.29) is 18.4 Å². The summed E-state index contributed by atoms with van der Waals surface area (Å²) < 4.78 is 28.1. The number of alkyl carbamates (subject to hydrolysis) is 1. The summed E-state index contributed by atoms with van der Waals surface area (Å²) in [5, 5.41) is 43.4. The predicted octanol–water partition coefficient (Wildman–Crippen LogP) is -3.46. The van der Waals surface area contributed by atoms with E-state index in [9.17, 15) is 54.0 Å². The van der Waals surface area contributed by atoms with Crippen LogP contribution in [0, 0.1) is 11.8 Å². The number of aromatic nitrogens is 4. The summed E-state index contributed by atoms with van der Waals surface area (Å²) in [5.41, 5.74) is 12.2. The molecule has 4 heterocycles. The van der Waals surface area contributed by atoms with Gasteiger partial charge in [0.05, 0.1) is 0 Å². The molecule has 0 aromatic carbocycles. The highest BCUT2D eigenvalue weighted by atomic mass is 16.6. The topological polar surface area (TPSA) is 372 Å². The molecule has 0 radical (unpaired) electrons. The second kappa shape index (κ2) is 20.1. The Kier molecular flexibility index (Phi) is 16.3. The first kappa shape index (κ1) is 48.0. The maximum absolute atomic E-state index is 12.5. The number of carbonyl (C=O) groups is 5. The summed E-state index contributed by atoms with van der Waals surface area (Å²) >= 11 is 0. The van der Waals surface area contributed by atoms with Crippen LogP contribution in [-0.4, -0.2) is 137 Å². The standard InChI is InChI=1S/C20H30N4O9.C15H22N4O7/c1-9(2)11(23-19(30)33-20(3,4)5)18(29)31-8-10-13(25)14(26)17(32-10)24-7-6-22-12(15(21)27)16(24)28;1-6(2)8(16)15(24)25-5-7-10(20)11(21)14(26-7)19-4-3-18-9(12(17)22)13(19)23/h6-7,9-11,13-14,17,25-26H,8H2,1-5H3,(H2,21,27)(H,23,30);3-4,6-8,10-11,14,20-21H,5,16H2,1-2H3,(H2,17,22)/t10-,11+,13-,14-,17-;7-,8+,10-,11-,14-/m11/s1. The quantitative estimate of drug-likeness (QED) is 0.0718. The van der Waals surface area contributed by atoms with Gasteiger partial charge in [-0.1, -0.05) is 27.7 Å². The summed E-state index contributed by atoms with van der Waals surface area (Å²) in [6, 6.07) is -1.88. The number of amides is 3. The monoisotopic (exact) mass is 840 g/mol. The SMILES string of the molecule is CC(C)[C@H](N)C(=O)OC[C@H]1O[C@@H](n2ccnc(C(N)=O)c2=O)[C@H](O)[C@@H]1O.CC(C)[C@H](NC(=O)OC(C)(C)C)C(=O)OC[C@H]1O[C@@H](n2ccnc(C(N)=O)c2=O)[C@H](O)[C@@H]1O. The number of nitrogens with zero attached hydrogens (tertiary/aromatic N) is 4. The van der Waals surface area contributed by atoms with Crippen LogP contribution >= 0.6 is 0 Å². The van der Waals surface area contributed by atoms with Gasteiger partial charge in [0, 0.05) is 24.8 Å². The van der Waals surface area contributed by atoms with Crippen LogP contribution in [-0.2, 0) is 33.3 Å². The van der Waals surface area contributed by atoms with E-state index in [4.69, 9.17) is 40.9 Å². The third kappa shape index (κ3) is 12.1. The minimum absolute atomic E-state index is 0.141. The van der Waals surface area contributed by atoms with Crippen molar-refractivity contribution in [1.29, 1.82) is 0 Å². The Balaban J connectivity index is 0.000000324. The van der Waals surface area contributed by atoms with Crippen LogP contribution in [0.2, 0.25) is 0 Å². The molecule has 59 heavy (non-hydrogen) atoms. The highest BCUT2D eigenvalue weighted by molar-refractivity contribution is 5.90. The molecule has 11 N–H and O–H groups in total. The van der Waals surface area contributed by atoms with Crippen LogP contribution in [0.3, 0.4) is 0 Å². The van der Waals surface area contributed by atoms with E-state index in [2.05, 4.69) is 15.3 Å². The highest BCUT2D eigenvalue weighted by Crippen LogP contribution is 2.30. The fraction of sp³-hybridized carbons (Fsp3) is 0.629. The molecular weight excluding hydrogens is 788 g/mol. The molecule has 4 rings (SSSR count). The van der Waals surface area contributed by atoms with Crippen LogP contribution in [0.5, 0.6) is 0 Å². The van der Waals surface area contributed by atoms with Crippen molar-refractivity contribution in [3.8, 4) is 0 Å². The number of hydrogen-bond donors (Lipinski definition) is 8. The maximum atomic E-state index is 12.5. The average Bonchev–Trinajstić information content (AvgIpc) is 3.59. The lowest BCUT2D eigenvalue weighted by atomic mass is 10.1. The Morgan fingerprint density at radius 3 is 1.51 bits per heavy atom. The molecule has 24 nitrogen and oxygen atoms in total. The summed E-state index contributed by atoms with van der Waals surface area (Å²) in [5.74, 6) is -4.07. The van der Waals surface area contributed by atoms with Gasteiger partial charge in [-0.15, -0.1) is 0 Å². The third-order valence-corrected chi connectivity index (χ3v) is 8.79. The molecule has 328 valence electrons. The average molecular weight is 841 g/mol. The molecule has 2 aromatic heterocycles. The van der Waals surface area contributed by atoms with Gasteiger partial charge in [-0.2, -0.15) is 0 Å². The van der Waals surface area contributed by atoms with Crippen molar-refractivity contribution in [2.45, 2.75) is 115 Å². The second-order valence-electron chi connectivity index (χ2n) is 15.2. The van der Waals surface area contributed by atoms with E-state index in [0.29, 0.717) is 0 Å². The number of nitrogens with two attached hydrogens (primary N) is 3. The van der Waals surface area contributed by atoms with E-state index in [1.54, 1.807) is 48.5 Å². The Labute approximate surface area is 336 Å². The maximum Gasteiger partial charge on any atom is 0.408 e. The fourth-order valence-corrected chi connectivity index (χ4v) is 5.50. The third-order valence-electron chi connectivity index (χ3n) is 8.79. The summed E-state index contributed by atoms with van der Waals surface area (Å²) in [6.45, 7) is 11.1. The molecule has 10 atom stereocenters. The van der Waals surface area contributed by atoms with Gasteiger partial charge in [0.25, 0.3) is 22.9 Å². The van der Waals surface area contributed by atoms with E-state index in [1.807, 2.05) is 0 Å². The van der Waals surface area contributed by atoms with E-state index < -0.39 is 126 Å². The number of ether oxygens (including phenoxy) is 5. The van der Waals surface area contributed by atoms with Gasteiger partial charge in [-0.25, -0.2) is 19.6 Å². The molecule has 2 aromatic rings. The number of aliphatic hydroxyl groups is 4. The van der Waals surface area contributed by atoms with Gasteiger partial charge in [0.1, 0.15) is 67.5 Å². The molecule has 0 bridgehead atoms. The van der Waals surface area contributed by atoms with Crippen molar-refractivity contribution >= 4 is 29.8 Å².